The smallest absolute Gasteiger partial charge is 0.307 e. The zero-order chi connectivity index (χ0) is 13.2. The van der Waals surface area contributed by atoms with Gasteiger partial charge in [-0.1, -0.05) is 37.4 Å². The minimum atomic E-state index is -0.127. The summed E-state index contributed by atoms with van der Waals surface area (Å²) < 4.78 is 1.84. The highest BCUT2D eigenvalue weighted by Crippen LogP contribution is 2.23. The molecule has 0 spiro atoms. The Labute approximate surface area is 112 Å². The van der Waals surface area contributed by atoms with E-state index < -0.39 is 0 Å². The van der Waals surface area contributed by atoms with Gasteiger partial charge in [-0.15, -0.1) is 0 Å². The van der Waals surface area contributed by atoms with Crippen molar-refractivity contribution in [1.82, 2.24) is 4.57 Å². The van der Waals surface area contributed by atoms with E-state index in [2.05, 4.69) is 0 Å². The molecule has 0 aliphatic rings. The van der Waals surface area contributed by atoms with E-state index in [1.54, 1.807) is 0 Å². The van der Waals surface area contributed by atoms with Crippen LogP contribution in [0.25, 0.3) is 0 Å². The van der Waals surface area contributed by atoms with Crippen molar-refractivity contribution >= 4 is 28.5 Å². The number of hydrogen-bond acceptors (Lipinski definition) is 3. The van der Waals surface area contributed by atoms with Crippen LogP contribution in [0.5, 0.6) is 0 Å². The van der Waals surface area contributed by atoms with Gasteiger partial charge in [0.05, 0.1) is 4.99 Å². The molecule has 0 fully saturated rings. The van der Waals surface area contributed by atoms with Gasteiger partial charge in [-0.05, 0) is 26.7 Å². The fourth-order valence-electron chi connectivity index (χ4n) is 1.65. The van der Waals surface area contributed by atoms with Gasteiger partial charge in [-0.25, -0.2) is 0 Å². The molecule has 1 aromatic heterocycles. The summed E-state index contributed by atoms with van der Waals surface area (Å²) in [5.74, 6) is 0. The van der Waals surface area contributed by atoms with Crippen LogP contribution in [-0.2, 0) is 6.54 Å². The zero-order valence-electron chi connectivity index (χ0n) is 10.9. The lowest BCUT2D eigenvalue weighted by molar-refractivity contribution is 0.433. The van der Waals surface area contributed by atoms with Gasteiger partial charge in [-0.2, -0.15) is 0 Å². The summed E-state index contributed by atoms with van der Waals surface area (Å²) in [6.07, 6.45) is 1.82. The standard InChI is InChI=1S/C12H20N2OS2/c1-8-9(2)17-11(15)14(8)7-5-6-12(3,4)10(13)16/h5-7H2,1-4H3,(H2,13,16). The van der Waals surface area contributed by atoms with E-state index in [4.69, 9.17) is 18.0 Å². The second-order valence-corrected chi connectivity index (χ2v) is 6.62. The highest BCUT2D eigenvalue weighted by molar-refractivity contribution is 7.80. The quantitative estimate of drug-likeness (QED) is 0.838. The molecule has 0 saturated carbocycles. The minimum absolute atomic E-state index is 0.127. The van der Waals surface area contributed by atoms with E-state index in [-0.39, 0.29) is 10.3 Å². The van der Waals surface area contributed by atoms with Crippen molar-refractivity contribution in [3.8, 4) is 0 Å². The number of thiazole rings is 1. The summed E-state index contributed by atoms with van der Waals surface area (Å²) in [6.45, 7) is 8.82. The molecule has 0 amide bonds. The first-order valence-corrected chi connectivity index (χ1v) is 6.95. The number of hydrogen-bond donors (Lipinski definition) is 1. The molecule has 17 heavy (non-hydrogen) atoms. The highest BCUT2D eigenvalue weighted by Gasteiger charge is 2.20. The Hall–Kier alpha value is -0.680. The molecule has 0 radical (unpaired) electrons. The van der Waals surface area contributed by atoms with Gasteiger partial charge >= 0.3 is 4.87 Å². The molecule has 2 N–H and O–H groups in total. The molecule has 96 valence electrons. The fraction of sp³-hybridized carbons (Fsp3) is 0.667. The van der Waals surface area contributed by atoms with Crippen LogP contribution in [0.2, 0.25) is 0 Å². The van der Waals surface area contributed by atoms with Crippen molar-refractivity contribution in [2.45, 2.75) is 47.1 Å². The number of nitrogens with two attached hydrogens (primary N) is 1. The predicted octanol–water partition coefficient (Wildman–Crippen LogP) is 2.62. The molecule has 0 saturated heterocycles. The van der Waals surface area contributed by atoms with Gasteiger partial charge in [0.2, 0.25) is 0 Å². The average molecular weight is 272 g/mol. The highest BCUT2D eigenvalue weighted by atomic mass is 32.1. The van der Waals surface area contributed by atoms with Crippen LogP contribution >= 0.6 is 23.6 Å². The van der Waals surface area contributed by atoms with Crippen molar-refractivity contribution in [1.29, 1.82) is 0 Å². The summed E-state index contributed by atoms with van der Waals surface area (Å²) in [4.78, 5) is 13.5. The van der Waals surface area contributed by atoms with Crippen LogP contribution in [0, 0.1) is 19.3 Å². The molecule has 0 aliphatic heterocycles. The first-order chi connectivity index (χ1) is 7.75. The van der Waals surface area contributed by atoms with Gasteiger partial charge in [0.15, 0.2) is 0 Å². The SMILES string of the molecule is Cc1sc(=O)n(CCCC(C)(C)C(N)=S)c1C. The average Bonchev–Trinajstić information content (AvgIpc) is 2.44. The van der Waals surface area contributed by atoms with Gasteiger partial charge in [0.1, 0.15) is 0 Å². The van der Waals surface area contributed by atoms with E-state index in [1.165, 1.54) is 11.3 Å². The van der Waals surface area contributed by atoms with Crippen LogP contribution in [-0.4, -0.2) is 9.56 Å². The lowest BCUT2D eigenvalue weighted by Gasteiger charge is -2.22. The maximum Gasteiger partial charge on any atom is 0.307 e. The van der Waals surface area contributed by atoms with E-state index in [1.807, 2.05) is 32.3 Å². The summed E-state index contributed by atoms with van der Waals surface area (Å²) >= 11 is 6.35. The van der Waals surface area contributed by atoms with Crippen LogP contribution in [0.15, 0.2) is 4.79 Å². The number of rotatable bonds is 5. The van der Waals surface area contributed by atoms with Crippen LogP contribution < -0.4 is 10.6 Å². The van der Waals surface area contributed by atoms with E-state index >= 15 is 0 Å². The molecular formula is C12H20N2OS2. The Morgan fingerprint density at radius 2 is 2.06 bits per heavy atom. The lowest BCUT2D eigenvalue weighted by Crippen LogP contribution is -2.30. The maximum atomic E-state index is 11.7. The Morgan fingerprint density at radius 3 is 2.47 bits per heavy atom. The zero-order valence-corrected chi connectivity index (χ0v) is 12.5. The molecular weight excluding hydrogens is 252 g/mol. The molecule has 1 rings (SSSR count). The molecule has 1 aromatic rings. The van der Waals surface area contributed by atoms with Crippen molar-refractivity contribution in [2.24, 2.45) is 11.1 Å². The van der Waals surface area contributed by atoms with E-state index in [0.717, 1.165) is 30.0 Å². The maximum absolute atomic E-state index is 11.7. The number of aromatic nitrogens is 1. The van der Waals surface area contributed by atoms with Crippen molar-refractivity contribution in [3.63, 3.8) is 0 Å². The summed E-state index contributed by atoms with van der Waals surface area (Å²) in [6, 6.07) is 0. The Kier molecular flexibility index (Phi) is 4.49. The van der Waals surface area contributed by atoms with Crippen molar-refractivity contribution in [2.75, 3.05) is 0 Å². The Morgan fingerprint density at radius 1 is 1.47 bits per heavy atom. The molecule has 0 aromatic carbocycles. The monoisotopic (exact) mass is 272 g/mol. The minimum Gasteiger partial charge on any atom is -0.393 e. The van der Waals surface area contributed by atoms with E-state index in [0.29, 0.717) is 4.99 Å². The third-order valence-electron chi connectivity index (χ3n) is 3.23. The van der Waals surface area contributed by atoms with E-state index in [9.17, 15) is 4.79 Å². The summed E-state index contributed by atoms with van der Waals surface area (Å²) in [7, 11) is 0. The van der Waals surface area contributed by atoms with Crippen molar-refractivity contribution < 1.29 is 0 Å². The molecule has 3 nitrogen and oxygen atoms in total. The lowest BCUT2D eigenvalue weighted by atomic mass is 9.88. The predicted molar refractivity (Wildman–Crippen MR) is 77.9 cm³/mol. The molecule has 1 heterocycles. The molecule has 0 atom stereocenters. The second-order valence-electron chi connectivity index (χ2n) is 5.01. The first-order valence-electron chi connectivity index (χ1n) is 5.72. The molecule has 0 aliphatic carbocycles. The van der Waals surface area contributed by atoms with Crippen LogP contribution in [0.3, 0.4) is 0 Å². The first kappa shape index (κ1) is 14.4. The van der Waals surface area contributed by atoms with Gasteiger partial charge < -0.3 is 10.3 Å². The normalized spacial score (nSPS) is 11.8. The Balaban J connectivity index is 2.64. The number of nitrogens with zero attached hydrogens (tertiary/aromatic N) is 1. The van der Waals surface area contributed by atoms with Crippen molar-refractivity contribution in [3.05, 3.63) is 20.2 Å². The number of thiocarbonyl (C=S) groups is 1. The molecule has 0 bridgehead atoms. The molecule has 0 unspecified atom stereocenters. The fourth-order valence-corrected chi connectivity index (χ4v) is 2.61. The third kappa shape index (κ3) is 3.39. The van der Waals surface area contributed by atoms with Gasteiger partial charge in [-0.3, -0.25) is 4.79 Å². The van der Waals surface area contributed by atoms with Crippen LogP contribution in [0.4, 0.5) is 0 Å². The Bertz CT molecular complexity index is 471. The summed E-state index contributed by atoms with van der Waals surface area (Å²) in [5, 5.41) is 0. The topological polar surface area (TPSA) is 48.0 Å². The van der Waals surface area contributed by atoms with Crippen LogP contribution in [0.1, 0.15) is 37.3 Å². The molecule has 5 heteroatoms. The van der Waals surface area contributed by atoms with Gasteiger partial charge in [0.25, 0.3) is 0 Å². The van der Waals surface area contributed by atoms with Gasteiger partial charge in [0, 0.05) is 22.5 Å². The third-order valence-corrected chi connectivity index (χ3v) is 4.77. The largest absolute Gasteiger partial charge is 0.393 e. The number of aryl methyl sites for hydroxylation is 1. The second kappa shape index (κ2) is 5.31. The summed E-state index contributed by atoms with van der Waals surface area (Å²) in [5.41, 5.74) is 6.63.